The molecule has 270 valence electrons. The van der Waals surface area contributed by atoms with Crippen molar-refractivity contribution in [1.29, 1.82) is 0 Å². The molecule has 0 heterocycles. The molecule has 0 aromatic heterocycles. The monoisotopic (exact) mass is 720 g/mol. The molecule has 0 fully saturated rings. The number of anilines is 6. The molecule has 0 radical (unpaired) electrons. The largest absolute Gasteiger partial charge is 0.310 e. The van der Waals surface area contributed by atoms with Crippen LogP contribution >= 0.6 is 0 Å². The molecule has 0 unspecified atom stereocenters. The van der Waals surface area contributed by atoms with Crippen LogP contribution in [0.1, 0.15) is 60.1 Å². The molecule has 1 spiro atoms. The van der Waals surface area contributed by atoms with Gasteiger partial charge in [0.1, 0.15) is 0 Å². The van der Waals surface area contributed by atoms with E-state index in [1.807, 2.05) is 0 Å². The van der Waals surface area contributed by atoms with Crippen LogP contribution < -0.4 is 9.80 Å². The first-order valence-corrected chi connectivity index (χ1v) is 20.2. The van der Waals surface area contributed by atoms with Gasteiger partial charge in [-0.25, -0.2) is 0 Å². The van der Waals surface area contributed by atoms with Gasteiger partial charge in [0.15, 0.2) is 0 Å². The maximum Gasteiger partial charge on any atom is 0.0465 e. The zero-order chi connectivity index (χ0) is 37.4. The van der Waals surface area contributed by atoms with E-state index in [0.717, 1.165) is 25.7 Å². The average Bonchev–Trinajstić information content (AvgIpc) is 3.88. The van der Waals surface area contributed by atoms with Crippen molar-refractivity contribution in [3.63, 3.8) is 0 Å². The zero-order valence-corrected chi connectivity index (χ0v) is 32.0. The average molecular weight is 721 g/mol. The summed E-state index contributed by atoms with van der Waals surface area (Å²) in [6, 6.07) is 67.9. The number of fused-ring (bicyclic) bond motifs is 8. The fourth-order valence-corrected chi connectivity index (χ4v) is 10.4. The zero-order valence-electron chi connectivity index (χ0n) is 32.0. The van der Waals surface area contributed by atoms with Crippen molar-refractivity contribution in [3.05, 3.63) is 215 Å². The predicted molar refractivity (Wildman–Crippen MR) is 235 cm³/mol. The Morgan fingerprint density at radius 3 is 1.29 bits per heavy atom. The molecule has 2 nitrogen and oxygen atoms in total. The molecule has 11 rings (SSSR count). The lowest BCUT2D eigenvalue weighted by Gasteiger charge is -2.32. The predicted octanol–water partition coefficient (Wildman–Crippen LogP) is 14.3. The van der Waals surface area contributed by atoms with Gasteiger partial charge in [-0.15, -0.1) is 0 Å². The van der Waals surface area contributed by atoms with Crippen LogP contribution in [0.25, 0.3) is 21.9 Å². The maximum absolute atomic E-state index is 2.54. The number of aryl methyl sites for hydroxylation is 2. The van der Waals surface area contributed by atoms with E-state index in [1.54, 1.807) is 0 Å². The Balaban J connectivity index is 1.03. The van der Waals surface area contributed by atoms with E-state index >= 15 is 0 Å². The van der Waals surface area contributed by atoms with E-state index < -0.39 is 0 Å². The summed E-state index contributed by atoms with van der Waals surface area (Å²) in [7, 11) is 0. The lowest BCUT2D eigenvalue weighted by molar-refractivity contribution is 0.507. The molecule has 0 N–H and O–H groups in total. The fraction of sp³-hybridized carbons (Fsp3) is 0.148. The van der Waals surface area contributed by atoms with Crippen LogP contribution in [0, 0.1) is 0 Å². The van der Waals surface area contributed by atoms with Crippen molar-refractivity contribution in [2.45, 2.75) is 50.4 Å². The van der Waals surface area contributed by atoms with Crippen molar-refractivity contribution in [1.82, 2.24) is 0 Å². The molecule has 0 saturated heterocycles. The van der Waals surface area contributed by atoms with Crippen LogP contribution in [-0.2, 0) is 23.7 Å². The Morgan fingerprint density at radius 2 is 0.768 bits per heavy atom. The number of hydrogen-bond donors (Lipinski definition) is 0. The Hall–Kier alpha value is -6.38. The van der Waals surface area contributed by atoms with E-state index in [-0.39, 0.29) is 10.8 Å². The second kappa shape index (κ2) is 12.6. The maximum atomic E-state index is 2.54. The van der Waals surface area contributed by atoms with Gasteiger partial charge < -0.3 is 9.80 Å². The van der Waals surface area contributed by atoms with Crippen LogP contribution in [-0.4, -0.2) is 0 Å². The van der Waals surface area contributed by atoms with E-state index in [0.29, 0.717) is 0 Å². The molecule has 0 bridgehead atoms. The van der Waals surface area contributed by atoms with Crippen molar-refractivity contribution < 1.29 is 0 Å². The minimum absolute atomic E-state index is 0.0122. The quantitative estimate of drug-likeness (QED) is 0.169. The summed E-state index contributed by atoms with van der Waals surface area (Å²) >= 11 is 0. The molecule has 1 atom stereocenters. The van der Waals surface area contributed by atoms with E-state index in [2.05, 4.69) is 206 Å². The lowest BCUT2D eigenvalue weighted by Crippen LogP contribution is -2.22. The van der Waals surface area contributed by atoms with Gasteiger partial charge in [-0.05, 0) is 166 Å². The Morgan fingerprint density at radius 1 is 0.357 bits per heavy atom. The molecular formula is C54H44N2. The van der Waals surface area contributed by atoms with Gasteiger partial charge in [0, 0.05) is 45.0 Å². The summed E-state index contributed by atoms with van der Waals surface area (Å²) in [6.07, 6.45) is 4.49. The highest BCUT2D eigenvalue weighted by Gasteiger charge is 2.45. The third-order valence-electron chi connectivity index (χ3n) is 13.2. The van der Waals surface area contributed by atoms with E-state index in [9.17, 15) is 0 Å². The van der Waals surface area contributed by atoms with Gasteiger partial charge >= 0.3 is 0 Å². The highest BCUT2D eigenvalue weighted by atomic mass is 15.1. The van der Waals surface area contributed by atoms with Crippen LogP contribution in [0.5, 0.6) is 0 Å². The van der Waals surface area contributed by atoms with Crippen LogP contribution in [0.2, 0.25) is 0 Å². The molecule has 3 aliphatic rings. The summed E-state index contributed by atoms with van der Waals surface area (Å²) in [4.78, 5) is 4.90. The third-order valence-corrected chi connectivity index (χ3v) is 13.2. The second-order valence-electron chi connectivity index (χ2n) is 16.5. The van der Waals surface area contributed by atoms with Gasteiger partial charge in [-0.1, -0.05) is 111 Å². The molecule has 2 heteroatoms. The molecular weight excluding hydrogens is 677 g/mol. The number of nitrogens with zero attached hydrogens (tertiary/aromatic N) is 2. The highest BCUT2D eigenvalue weighted by Crippen LogP contribution is 2.56. The first-order chi connectivity index (χ1) is 27.5. The van der Waals surface area contributed by atoms with Gasteiger partial charge in [0.2, 0.25) is 0 Å². The smallest absolute Gasteiger partial charge is 0.0465 e. The Bertz CT molecular complexity index is 2740. The first-order valence-electron chi connectivity index (χ1n) is 20.2. The SMILES string of the molecule is CC1(C)c2cc(N(c3ccccc3)c3ccc4c(c3)[C@]3(CCc5ccc(N(c6ccccc6)c6ccccc6)cc53)CC4)ccc2-c2cc3ccccc3cc21. The Labute approximate surface area is 330 Å². The minimum Gasteiger partial charge on any atom is -0.310 e. The lowest BCUT2D eigenvalue weighted by atomic mass is 9.76. The van der Waals surface area contributed by atoms with Crippen molar-refractivity contribution in [2.75, 3.05) is 9.80 Å². The number of hydrogen-bond acceptors (Lipinski definition) is 2. The summed E-state index contributed by atoms with van der Waals surface area (Å²) in [5, 5.41) is 2.60. The summed E-state index contributed by atoms with van der Waals surface area (Å²) in [5.74, 6) is 0. The molecule has 8 aromatic carbocycles. The molecule has 0 amide bonds. The Kier molecular flexibility index (Phi) is 7.41. The molecule has 0 saturated carbocycles. The molecule has 3 aliphatic carbocycles. The summed E-state index contributed by atoms with van der Waals surface area (Å²) < 4.78 is 0. The van der Waals surface area contributed by atoms with Gasteiger partial charge in [-0.2, -0.15) is 0 Å². The van der Waals surface area contributed by atoms with Gasteiger partial charge in [0.25, 0.3) is 0 Å². The number of rotatable bonds is 6. The third kappa shape index (κ3) is 5.02. The molecule has 0 aliphatic heterocycles. The van der Waals surface area contributed by atoms with Crippen molar-refractivity contribution >= 4 is 44.9 Å². The fourth-order valence-electron chi connectivity index (χ4n) is 10.4. The topological polar surface area (TPSA) is 6.48 Å². The molecule has 8 aromatic rings. The van der Waals surface area contributed by atoms with E-state index in [1.165, 1.54) is 89.4 Å². The van der Waals surface area contributed by atoms with Gasteiger partial charge in [-0.3, -0.25) is 0 Å². The second-order valence-corrected chi connectivity index (χ2v) is 16.5. The summed E-state index contributed by atoms with van der Waals surface area (Å²) in [6.45, 7) is 4.79. The number of benzene rings is 8. The van der Waals surface area contributed by atoms with Crippen molar-refractivity contribution in [2.24, 2.45) is 0 Å². The standard InChI is InChI=1S/C54H44N2/c1-53(2)51-33-40-15-13-12-14-39(40)32-48(51)47-27-26-46(36-52(47)53)56(43-20-10-5-11-21-43)45-25-23-38-29-31-54(50(38)35-45)30-28-37-22-24-44(34-49(37)54)55(41-16-6-3-7-17-41)42-18-8-4-9-19-42/h3-27,32-36H,28-31H2,1-2H3/t54-/m1/s1. The minimum atomic E-state index is -0.117. The molecule has 56 heavy (non-hydrogen) atoms. The van der Waals surface area contributed by atoms with Gasteiger partial charge in [0.05, 0.1) is 0 Å². The van der Waals surface area contributed by atoms with Crippen molar-refractivity contribution in [3.8, 4) is 11.1 Å². The summed E-state index contributed by atoms with van der Waals surface area (Å²) in [5.41, 5.74) is 18.5. The van der Waals surface area contributed by atoms with Crippen LogP contribution in [0.4, 0.5) is 34.1 Å². The number of para-hydroxylation sites is 3. The highest BCUT2D eigenvalue weighted by molar-refractivity contribution is 5.94. The normalized spacial score (nSPS) is 17.0. The van der Waals surface area contributed by atoms with E-state index in [4.69, 9.17) is 0 Å². The van der Waals surface area contributed by atoms with Crippen LogP contribution in [0.3, 0.4) is 0 Å². The first kappa shape index (κ1) is 33.0. The van der Waals surface area contributed by atoms with Crippen LogP contribution in [0.15, 0.2) is 182 Å².